The van der Waals surface area contributed by atoms with E-state index in [1.807, 2.05) is 21.0 Å². The van der Waals surface area contributed by atoms with Crippen molar-refractivity contribution in [2.45, 2.75) is 32.8 Å². The Morgan fingerprint density at radius 1 is 1.42 bits per heavy atom. The summed E-state index contributed by atoms with van der Waals surface area (Å²) < 4.78 is 5.44. The molecule has 0 spiro atoms. The summed E-state index contributed by atoms with van der Waals surface area (Å²) in [5.74, 6) is 0.568. The van der Waals surface area contributed by atoms with Gasteiger partial charge in [-0.1, -0.05) is 13.3 Å². The van der Waals surface area contributed by atoms with Crippen LogP contribution in [0.25, 0.3) is 0 Å². The molecule has 72 valence electrons. The van der Waals surface area contributed by atoms with Crippen LogP contribution in [0.3, 0.4) is 0 Å². The molecular weight excluding hydrogens is 152 g/mol. The van der Waals surface area contributed by atoms with Crippen molar-refractivity contribution < 1.29 is 4.74 Å². The van der Waals surface area contributed by atoms with Crippen LogP contribution in [0, 0.1) is 5.41 Å². The van der Waals surface area contributed by atoms with E-state index in [0.29, 0.717) is 12.4 Å². The Hall–Kier alpha value is -0.570. The third-order valence-corrected chi connectivity index (χ3v) is 1.71. The molecule has 1 atom stereocenters. The average molecular weight is 172 g/mol. The molecule has 0 aliphatic carbocycles. The van der Waals surface area contributed by atoms with Gasteiger partial charge in [-0.2, -0.15) is 0 Å². The summed E-state index contributed by atoms with van der Waals surface area (Å²) in [6.07, 6.45) is 1.97. The summed E-state index contributed by atoms with van der Waals surface area (Å²) in [6.45, 7) is 4.75. The van der Waals surface area contributed by atoms with Crippen molar-refractivity contribution in [1.82, 2.24) is 4.90 Å². The van der Waals surface area contributed by atoms with Crippen LogP contribution < -0.4 is 0 Å². The van der Waals surface area contributed by atoms with Crippen LogP contribution in [-0.2, 0) is 4.74 Å². The minimum Gasteiger partial charge on any atom is -0.371 e. The maximum Gasteiger partial charge on any atom is 0.125 e. The number of hydrogen-bond acceptors (Lipinski definition) is 2. The van der Waals surface area contributed by atoms with Gasteiger partial charge in [0, 0.05) is 20.7 Å². The Balaban J connectivity index is 3.99. The van der Waals surface area contributed by atoms with E-state index in [4.69, 9.17) is 10.1 Å². The molecule has 0 aliphatic rings. The van der Waals surface area contributed by atoms with Gasteiger partial charge in [-0.25, -0.2) is 0 Å². The molecule has 0 aromatic carbocycles. The molecule has 0 heterocycles. The van der Waals surface area contributed by atoms with Gasteiger partial charge in [0.2, 0.25) is 0 Å². The fourth-order valence-corrected chi connectivity index (χ4v) is 1.05. The maximum atomic E-state index is 7.71. The lowest BCUT2D eigenvalue weighted by Gasteiger charge is -2.22. The molecular formula is C9H20N2O. The third kappa shape index (κ3) is 3.72. The number of nitrogens with one attached hydrogen (secondary N) is 1. The molecule has 0 radical (unpaired) electrons. The first-order valence-corrected chi connectivity index (χ1v) is 4.50. The third-order valence-electron chi connectivity index (χ3n) is 1.71. The fraction of sp³-hybridized carbons (Fsp3) is 0.889. The minimum atomic E-state index is -0.0185. The van der Waals surface area contributed by atoms with Gasteiger partial charge in [-0.15, -0.1) is 0 Å². The quantitative estimate of drug-likeness (QED) is 0.506. The van der Waals surface area contributed by atoms with E-state index in [1.165, 1.54) is 0 Å². The van der Waals surface area contributed by atoms with Gasteiger partial charge in [0.05, 0.1) is 0 Å². The fourth-order valence-electron chi connectivity index (χ4n) is 1.05. The Bertz CT molecular complexity index is 128. The highest BCUT2D eigenvalue weighted by molar-refractivity contribution is 5.83. The first-order valence-electron chi connectivity index (χ1n) is 4.50. The van der Waals surface area contributed by atoms with Crippen LogP contribution in [0.2, 0.25) is 0 Å². The molecule has 1 unspecified atom stereocenters. The lowest BCUT2D eigenvalue weighted by atomic mass is 10.2. The second-order valence-corrected chi connectivity index (χ2v) is 3.01. The van der Waals surface area contributed by atoms with Crippen LogP contribution in [0.1, 0.15) is 26.7 Å². The van der Waals surface area contributed by atoms with Gasteiger partial charge in [0.25, 0.3) is 0 Å². The maximum absolute atomic E-state index is 7.71. The van der Waals surface area contributed by atoms with Gasteiger partial charge in [0.15, 0.2) is 0 Å². The van der Waals surface area contributed by atoms with Crippen molar-refractivity contribution in [3.63, 3.8) is 0 Å². The Labute approximate surface area is 75.2 Å². The zero-order valence-corrected chi connectivity index (χ0v) is 8.55. The number of rotatable bonds is 5. The highest BCUT2D eigenvalue weighted by Crippen LogP contribution is 2.04. The van der Waals surface area contributed by atoms with Crippen LogP contribution >= 0.6 is 0 Å². The van der Waals surface area contributed by atoms with E-state index in [2.05, 4.69) is 6.92 Å². The molecule has 0 saturated carbocycles. The molecule has 1 N–H and O–H groups in total. The number of amidine groups is 1. The van der Waals surface area contributed by atoms with E-state index in [0.717, 1.165) is 12.8 Å². The van der Waals surface area contributed by atoms with Gasteiger partial charge in [0.1, 0.15) is 11.9 Å². The Morgan fingerprint density at radius 2 is 2.00 bits per heavy atom. The zero-order valence-electron chi connectivity index (χ0n) is 8.55. The molecule has 0 aliphatic heterocycles. The summed E-state index contributed by atoms with van der Waals surface area (Å²) in [6, 6.07) is 0. The SMILES string of the molecule is CCCC(OCC)C(=N)N(C)C. The number of hydrogen-bond donors (Lipinski definition) is 1. The van der Waals surface area contributed by atoms with Crippen molar-refractivity contribution in [3.05, 3.63) is 0 Å². The van der Waals surface area contributed by atoms with E-state index in [9.17, 15) is 0 Å². The summed E-state index contributed by atoms with van der Waals surface area (Å²) in [4.78, 5) is 1.80. The molecule has 0 amide bonds. The summed E-state index contributed by atoms with van der Waals surface area (Å²) in [7, 11) is 3.76. The highest BCUT2D eigenvalue weighted by Gasteiger charge is 2.14. The van der Waals surface area contributed by atoms with Crippen molar-refractivity contribution in [1.29, 1.82) is 5.41 Å². The molecule has 0 bridgehead atoms. The van der Waals surface area contributed by atoms with Crippen LogP contribution in [0.4, 0.5) is 0 Å². The molecule has 3 heteroatoms. The first-order chi connectivity index (χ1) is 5.63. The van der Waals surface area contributed by atoms with Crippen LogP contribution in [0.15, 0.2) is 0 Å². The largest absolute Gasteiger partial charge is 0.371 e. The van der Waals surface area contributed by atoms with Gasteiger partial charge < -0.3 is 9.64 Å². The smallest absolute Gasteiger partial charge is 0.125 e. The van der Waals surface area contributed by atoms with Crippen molar-refractivity contribution in [2.24, 2.45) is 0 Å². The predicted molar refractivity (Wildman–Crippen MR) is 51.7 cm³/mol. The standard InChI is InChI=1S/C9H20N2O/c1-5-7-8(12-6-2)9(10)11(3)4/h8,10H,5-7H2,1-4H3. The molecule has 0 rings (SSSR count). The predicted octanol–water partition coefficient (Wildman–Crippen LogP) is 1.73. The van der Waals surface area contributed by atoms with E-state index >= 15 is 0 Å². The molecule has 12 heavy (non-hydrogen) atoms. The van der Waals surface area contributed by atoms with E-state index in [-0.39, 0.29) is 6.10 Å². The van der Waals surface area contributed by atoms with Gasteiger partial charge in [-0.05, 0) is 13.3 Å². The average Bonchev–Trinajstić information content (AvgIpc) is 2.03. The highest BCUT2D eigenvalue weighted by atomic mass is 16.5. The van der Waals surface area contributed by atoms with Crippen LogP contribution in [0.5, 0.6) is 0 Å². The second kappa shape index (κ2) is 6.00. The zero-order chi connectivity index (χ0) is 9.56. The van der Waals surface area contributed by atoms with E-state index in [1.54, 1.807) is 4.90 Å². The topological polar surface area (TPSA) is 36.3 Å². The Morgan fingerprint density at radius 3 is 2.33 bits per heavy atom. The van der Waals surface area contributed by atoms with Crippen molar-refractivity contribution >= 4 is 5.84 Å². The summed E-state index contributed by atoms with van der Waals surface area (Å²) in [5.41, 5.74) is 0. The van der Waals surface area contributed by atoms with Crippen molar-refractivity contribution in [3.8, 4) is 0 Å². The molecule has 0 saturated heterocycles. The Kier molecular flexibility index (Phi) is 5.72. The first kappa shape index (κ1) is 11.4. The second-order valence-electron chi connectivity index (χ2n) is 3.01. The lowest BCUT2D eigenvalue weighted by molar-refractivity contribution is 0.0951. The van der Waals surface area contributed by atoms with Crippen molar-refractivity contribution in [2.75, 3.05) is 20.7 Å². The number of ether oxygens (including phenoxy) is 1. The molecule has 3 nitrogen and oxygen atoms in total. The summed E-state index contributed by atoms with van der Waals surface area (Å²) >= 11 is 0. The molecule has 0 aromatic heterocycles. The monoisotopic (exact) mass is 172 g/mol. The van der Waals surface area contributed by atoms with Gasteiger partial charge in [-0.3, -0.25) is 5.41 Å². The molecule has 0 fully saturated rings. The van der Waals surface area contributed by atoms with E-state index < -0.39 is 0 Å². The molecule has 0 aromatic rings. The number of likely N-dealkylation sites (N-methyl/N-ethyl adjacent to an activating group) is 1. The normalized spacial score (nSPS) is 12.7. The number of nitrogens with zero attached hydrogens (tertiary/aromatic N) is 1. The summed E-state index contributed by atoms with van der Waals surface area (Å²) in [5, 5.41) is 7.71. The lowest BCUT2D eigenvalue weighted by Crippen LogP contribution is -2.34. The van der Waals surface area contributed by atoms with Gasteiger partial charge >= 0.3 is 0 Å². The minimum absolute atomic E-state index is 0.0185. The van der Waals surface area contributed by atoms with Crippen LogP contribution in [-0.4, -0.2) is 37.5 Å².